The largest absolute Gasteiger partial charge is 0.417 e. The molecule has 0 fully saturated rings. The number of hydrogen-bond acceptors (Lipinski definition) is 2. The molecule has 0 aliphatic rings. The van der Waals surface area contributed by atoms with E-state index in [1.165, 1.54) is 6.07 Å². The number of halogens is 3. The average Bonchev–Trinajstić information content (AvgIpc) is 2.46. The lowest BCUT2D eigenvalue weighted by atomic mass is 10.2. The molecule has 1 aromatic carbocycles. The predicted molar refractivity (Wildman–Crippen MR) is 72.3 cm³/mol. The van der Waals surface area contributed by atoms with Crippen molar-refractivity contribution < 1.29 is 13.2 Å². The fourth-order valence-corrected chi connectivity index (χ4v) is 2.02. The Morgan fingerprint density at radius 3 is 2.48 bits per heavy atom. The van der Waals surface area contributed by atoms with Gasteiger partial charge in [-0.3, -0.25) is 9.36 Å². The number of benzene rings is 1. The summed E-state index contributed by atoms with van der Waals surface area (Å²) in [4.78, 5) is 16.0. The summed E-state index contributed by atoms with van der Waals surface area (Å²) < 4.78 is 39.1. The zero-order chi connectivity index (χ0) is 15.0. The van der Waals surface area contributed by atoms with E-state index < -0.39 is 17.3 Å². The molecule has 0 radical (unpaired) electrons. The molecule has 3 nitrogen and oxygen atoms in total. The van der Waals surface area contributed by atoms with Gasteiger partial charge in [-0.25, -0.2) is 4.98 Å². The minimum atomic E-state index is -4.51. The predicted octanol–water partition coefficient (Wildman–Crippen LogP) is 3.40. The molecule has 0 unspecified atom stereocenters. The Balaban J connectivity index is 2.20. The molecule has 0 N–H and O–H groups in total. The first-order valence-electron chi connectivity index (χ1n) is 6.11. The van der Waals surface area contributed by atoms with Gasteiger partial charge in [0, 0.05) is 17.6 Å². The van der Waals surface area contributed by atoms with E-state index in [0.29, 0.717) is 5.52 Å². The number of rotatable bonds is 1. The van der Waals surface area contributed by atoms with Gasteiger partial charge in [0.15, 0.2) is 0 Å². The first-order chi connectivity index (χ1) is 9.95. The number of alkyl halides is 3. The standard InChI is InChI=1S/C15H9F3N2O/c16-15(17,18)11-6-8-14(21)20(9-11)13-7-5-10-3-1-2-4-12(10)19-13/h1-9H. The minimum absolute atomic E-state index is 0.157. The monoisotopic (exact) mass is 290 g/mol. The van der Waals surface area contributed by atoms with Crippen molar-refractivity contribution in [2.24, 2.45) is 0 Å². The van der Waals surface area contributed by atoms with Gasteiger partial charge in [-0.1, -0.05) is 18.2 Å². The molecule has 3 rings (SSSR count). The molecule has 0 aliphatic carbocycles. The second-order valence-corrected chi connectivity index (χ2v) is 4.49. The third kappa shape index (κ3) is 2.52. The van der Waals surface area contributed by atoms with Gasteiger partial charge in [0.05, 0.1) is 11.1 Å². The summed E-state index contributed by atoms with van der Waals surface area (Å²) in [6.07, 6.45) is -3.74. The van der Waals surface area contributed by atoms with Crippen LogP contribution in [0.5, 0.6) is 0 Å². The molecule has 0 bridgehead atoms. The highest BCUT2D eigenvalue weighted by Gasteiger charge is 2.31. The summed E-state index contributed by atoms with van der Waals surface area (Å²) in [5, 5.41) is 0.848. The van der Waals surface area contributed by atoms with Crippen LogP contribution in [-0.4, -0.2) is 9.55 Å². The molecule has 3 aromatic rings. The van der Waals surface area contributed by atoms with Gasteiger partial charge in [-0.05, 0) is 24.3 Å². The molecular formula is C15H9F3N2O. The van der Waals surface area contributed by atoms with E-state index in [1.807, 2.05) is 12.1 Å². The summed E-state index contributed by atoms with van der Waals surface area (Å²) in [5.41, 5.74) is -0.845. The van der Waals surface area contributed by atoms with Crippen molar-refractivity contribution in [2.45, 2.75) is 6.18 Å². The van der Waals surface area contributed by atoms with Crippen molar-refractivity contribution in [1.82, 2.24) is 9.55 Å². The van der Waals surface area contributed by atoms with Crippen LogP contribution in [0.4, 0.5) is 13.2 Å². The van der Waals surface area contributed by atoms with E-state index in [4.69, 9.17) is 0 Å². The highest BCUT2D eigenvalue weighted by atomic mass is 19.4. The quantitative estimate of drug-likeness (QED) is 0.688. The zero-order valence-electron chi connectivity index (χ0n) is 10.6. The van der Waals surface area contributed by atoms with Gasteiger partial charge in [-0.15, -0.1) is 0 Å². The van der Waals surface area contributed by atoms with Crippen molar-refractivity contribution in [1.29, 1.82) is 0 Å². The van der Waals surface area contributed by atoms with Crippen LogP contribution >= 0.6 is 0 Å². The number of para-hydroxylation sites is 1. The van der Waals surface area contributed by atoms with Gasteiger partial charge in [0.1, 0.15) is 5.82 Å². The Kier molecular flexibility index (Phi) is 3.01. The van der Waals surface area contributed by atoms with Crippen molar-refractivity contribution in [3.8, 4) is 5.82 Å². The average molecular weight is 290 g/mol. The zero-order valence-corrected chi connectivity index (χ0v) is 10.6. The lowest BCUT2D eigenvalue weighted by Crippen LogP contribution is -2.20. The van der Waals surface area contributed by atoms with Crippen molar-refractivity contribution in [2.75, 3.05) is 0 Å². The Bertz CT molecular complexity index is 868. The van der Waals surface area contributed by atoms with E-state index in [0.717, 1.165) is 28.3 Å². The third-order valence-electron chi connectivity index (χ3n) is 3.07. The number of nitrogens with zero attached hydrogens (tertiary/aromatic N) is 2. The SMILES string of the molecule is O=c1ccc(C(F)(F)F)cn1-c1ccc2ccccc2n1. The van der Waals surface area contributed by atoms with Crippen molar-refractivity contribution in [3.05, 3.63) is 70.6 Å². The van der Waals surface area contributed by atoms with E-state index in [-0.39, 0.29) is 5.82 Å². The summed E-state index contributed by atoms with van der Waals surface area (Å²) in [5.74, 6) is 0.157. The van der Waals surface area contributed by atoms with Crippen LogP contribution in [0.3, 0.4) is 0 Å². The molecule has 0 aliphatic heterocycles. The minimum Gasteiger partial charge on any atom is -0.269 e. The van der Waals surface area contributed by atoms with Crippen LogP contribution in [0, 0.1) is 0 Å². The van der Waals surface area contributed by atoms with E-state index >= 15 is 0 Å². The van der Waals surface area contributed by atoms with Crippen LogP contribution in [0.15, 0.2) is 59.5 Å². The smallest absolute Gasteiger partial charge is 0.269 e. The van der Waals surface area contributed by atoms with Crippen LogP contribution in [-0.2, 0) is 6.18 Å². The van der Waals surface area contributed by atoms with Crippen LogP contribution < -0.4 is 5.56 Å². The van der Waals surface area contributed by atoms with Gasteiger partial charge in [0.25, 0.3) is 5.56 Å². The number of fused-ring (bicyclic) bond motifs is 1. The fourth-order valence-electron chi connectivity index (χ4n) is 2.02. The van der Waals surface area contributed by atoms with Gasteiger partial charge < -0.3 is 0 Å². The second kappa shape index (κ2) is 4.73. The van der Waals surface area contributed by atoms with E-state index in [9.17, 15) is 18.0 Å². The molecule has 6 heteroatoms. The second-order valence-electron chi connectivity index (χ2n) is 4.49. The maximum Gasteiger partial charge on any atom is 0.417 e. The maximum atomic E-state index is 12.7. The van der Waals surface area contributed by atoms with Crippen molar-refractivity contribution >= 4 is 10.9 Å². The molecule has 0 saturated heterocycles. The Morgan fingerprint density at radius 1 is 0.952 bits per heavy atom. The van der Waals surface area contributed by atoms with Crippen molar-refractivity contribution in [3.63, 3.8) is 0 Å². The van der Waals surface area contributed by atoms with E-state index in [2.05, 4.69) is 4.98 Å². The van der Waals surface area contributed by atoms with E-state index in [1.54, 1.807) is 18.2 Å². The normalized spacial score (nSPS) is 11.8. The third-order valence-corrected chi connectivity index (χ3v) is 3.07. The fraction of sp³-hybridized carbons (Fsp3) is 0.0667. The topological polar surface area (TPSA) is 34.9 Å². The molecule has 0 spiro atoms. The lowest BCUT2D eigenvalue weighted by molar-refractivity contribution is -0.138. The number of pyridine rings is 2. The number of aromatic nitrogens is 2. The molecule has 106 valence electrons. The van der Waals surface area contributed by atoms with Gasteiger partial charge >= 0.3 is 6.18 Å². The summed E-state index contributed by atoms with van der Waals surface area (Å²) in [7, 11) is 0. The van der Waals surface area contributed by atoms with Crippen LogP contribution in [0.2, 0.25) is 0 Å². The lowest BCUT2D eigenvalue weighted by Gasteiger charge is -2.10. The van der Waals surface area contributed by atoms with Crippen LogP contribution in [0.1, 0.15) is 5.56 Å². The number of hydrogen-bond donors (Lipinski definition) is 0. The first kappa shape index (κ1) is 13.4. The van der Waals surface area contributed by atoms with Gasteiger partial charge in [0.2, 0.25) is 0 Å². The molecule has 0 atom stereocenters. The Hall–Kier alpha value is -2.63. The maximum absolute atomic E-state index is 12.7. The Labute approximate surface area is 117 Å². The van der Waals surface area contributed by atoms with Gasteiger partial charge in [-0.2, -0.15) is 13.2 Å². The summed E-state index contributed by atoms with van der Waals surface area (Å²) in [6, 6.07) is 12.1. The molecule has 2 aromatic heterocycles. The first-order valence-corrected chi connectivity index (χ1v) is 6.11. The molecule has 21 heavy (non-hydrogen) atoms. The summed E-state index contributed by atoms with van der Waals surface area (Å²) >= 11 is 0. The molecule has 0 amide bonds. The highest BCUT2D eigenvalue weighted by molar-refractivity contribution is 5.79. The molecule has 2 heterocycles. The summed E-state index contributed by atoms with van der Waals surface area (Å²) in [6.45, 7) is 0. The van der Waals surface area contributed by atoms with Crippen LogP contribution in [0.25, 0.3) is 16.7 Å². The molecular weight excluding hydrogens is 281 g/mol. The Morgan fingerprint density at radius 2 is 1.71 bits per heavy atom. The highest BCUT2D eigenvalue weighted by Crippen LogP contribution is 2.28. The molecule has 0 saturated carbocycles.